The van der Waals surface area contributed by atoms with Gasteiger partial charge in [0.15, 0.2) is 0 Å². The Balaban J connectivity index is 1.52. The standard InChI is InChI=1S/C15H19N3O2S2/c1-12-11-22-15(20)18(12)10-14(19)17-6-4-16(5-7-17)9-13-3-2-8-21-13/h2-3,8,11H,4-7,9-10H2,1H3. The van der Waals surface area contributed by atoms with E-state index >= 15 is 0 Å². The molecule has 0 saturated carbocycles. The van der Waals surface area contributed by atoms with Crippen LogP contribution in [0.15, 0.2) is 27.7 Å². The highest BCUT2D eigenvalue weighted by atomic mass is 32.1. The van der Waals surface area contributed by atoms with Gasteiger partial charge in [0.2, 0.25) is 5.91 Å². The van der Waals surface area contributed by atoms with E-state index in [9.17, 15) is 9.59 Å². The van der Waals surface area contributed by atoms with Gasteiger partial charge in [-0.3, -0.25) is 19.1 Å². The SMILES string of the molecule is Cc1csc(=O)n1CC(=O)N1CCN(Cc2cccs2)CC1. The summed E-state index contributed by atoms with van der Waals surface area (Å²) in [6.07, 6.45) is 0. The minimum Gasteiger partial charge on any atom is -0.339 e. The molecule has 1 saturated heterocycles. The Hall–Kier alpha value is -1.44. The van der Waals surface area contributed by atoms with Crippen molar-refractivity contribution in [3.05, 3.63) is 43.1 Å². The molecule has 3 heterocycles. The zero-order valence-corrected chi connectivity index (χ0v) is 14.2. The van der Waals surface area contributed by atoms with E-state index in [0.717, 1.165) is 49.8 Å². The lowest BCUT2D eigenvalue weighted by atomic mass is 10.3. The topological polar surface area (TPSA) is 45.6 Å². The van der Waals surface area contributed by atoms with Crippen molar-refractivity contribution in [1.29, 1.82) is 0 Å². The Morgan fingerprint density at radius 1 is 1.23 bits per heavy atom. The van der Waals surface area contributed by atoms with Crippen LogP contribution in [0.1, 0.15) is 10.6 Å². The number of thiophene rings is 1. The molecule has 3 rings (SSSR count). The number of aromatic nitrogens is 1. The molecule has 1 fully saturated rings. The predicted octanol–water partition coefficient (Wildman–Crippen LogP) is 1.62. The van der Waals surface area contributed by atoms with Gasteiger partial charge >= 0.3 is 4.87 Å². The molecule has 0 N–H and O–H groups in total. The third kappa shape index (κ3) is 3.48. The molecule has 2 aromatic heterocycles. The summed E-state index contributed by atoms with van der Waals surface area (Å²) in [5.41, 5.74) is 0.861. The van der Waals surface area contributed by atoms with Gasteiger partial charge in [-0.05, 0) is 18.4 Å². The van der Waals surface area contributed by atoms with E-state index < -0.39 is 0 Å². The maximum absolute atomic E-state index is 12.3. The van der Waals surface area contributed by atoms with E-state index in [2.05, 4.69) is 22.4 Å². The van der Waals surface area contributed by atoms with Crippen LogP contribution < -0.4 is 4.87 Å². The highest BCUT2D eigenvalue weighted by Gasteiger charge is 2.22. The van der Waals surface area contributed by atoms with Crippen LogP contribution >= 0.6 is 22.7 Å². The first-order valence-corrected chi connectivity index (χ1v) is 9.07. The molecule has 22 heavy (non-hydrogen) atoms. The Labute approximate surface area is 137 Å². The number of carbonyl (C=O) groups is 1. The molecule has 2 aromatic rings. The summed E-state index contributed by atoms with van der Waals surface area (Å²) in [7, 11) is 0. The number of amides is 1. The molecule has 0 radical (unpaired) electrons. The minimum absolute atomic E-state index is 0.0411. The van der Waals surface area contributed by atoms with Crippen LogP contribution in [0, 0.1) is 6.92 Å². The molecule has 0 aliphatic carbocycles. The minimum atomic E-state index is -0.0535. The number of aryl methyl sites for hydroxylation is 1. The van der Waals surface area contributed by atoms with Crippen LogP contribution in [0.5, 0.6) is 0 Å². The molecule has 118 valence electrons. The number of piperazine rings is 1. The zero-order chi connectivity index (χ0) is 15.5. The van der Waals surface area contributed by atoms with Gasteiger partial charge in [-0.1, -0.05) is 17.4 Å². The van der Waals surface area contributed by atoms with Gasteiger partial charge in [0.1, 0.15) is 6.54 Å². The third-order valence-electron chi connectivity index (χ3n) is 3.95. The highest BCUT2D eigenvalue weighted by molar-refractivity contribution is 7.09. The van der Waals surface area contributed by atoms with Crippen LogP contribution in [0.25, 0.3) is 0 Å². The Bertz CT molecular complexity index is 682. The van der Waals surface area contributed by atoms with E-state index in [-0.39, 0.29) is 17.3 Å². The molecule has 7 heteroatoms. The molecule has 0 unspecified atom stereocenters. The molecule has 5 nitrogen and oxygen atoms in total. The number of rotatable bonds is 4. The first-order valence-electron chi connectivity index (χ1n) is 7.31. The second-order valence-corrected chi connectivity index (χ2v) is 7.32. The molecular formula is C15H19N3O2S2. The van der Waals surface area contributed by atoms with Crippen molar-refractivity contribution >= 4 is 28.6 Å². The summed E-state index contributed by atoms with van der Waals surface area (Å²) in [6.45, 7) is 6.25. The van der Waals surface area contributed by atoms with Gasteiger partial charge in [0.25, 0.3) is 0 Å². The fraction of sp³-hybridized carbons (Fsp3) is 0.467. The second kappa shape index (κ2) is 6.76. The lowest BCUT2D eigenvalue weighted by Gasteiger charge is -2.34. The normalized spacial score (nSPS) is 16.1. The quantitative estimate of drug-likeness (QED) is 0.852. The molecule has 0 spiro atoms. The van der Waals surface area contributed by atoms with Crippen LogP contribution in [-0.2, 0) is 17.9 Å². The van der Waals surface area contributed by atoms with Crippen molar-refractivity contribution in [3.8, 4) is 0 Å². The van der Waals surface area contributed by atoms with Crippen LogP contribution in [0.4, 0.5) is 0 Å². The first kappa shape index (κ1) is 15.5. The molecule has 0 aromatic carbocycles. The molecule has 1 aliphatic rings. The summed E-state index contributed by atoms with van der Waals surface area (Å²) in [4.78, 5) is 29.6. The van der Waals surface area contributed by atoms with Crippen molar-refractivity contribution in [2.75, 3.05) is 26.2 Å². The Morgan fingerprint density at radius 3 is 2.59 bits per heavy atom. The summed E-state index contributed by atoms with van der Waals surface area (Å²) in [6, 6.07) is 4.22. The van der Waals surface area contributed by atoms with Crippen molar-refractivity contribution < 1.29 is 4.79 Å². The molecular weight excluding hydrogens is 318 g/mol. The van der Waals surface area contributed by atoms with Crippen molar-refractivity contribution in [1.82, 2.24) is 14.4 Å². The highest BCUT2D eigenvalue weighted by Crippen LogP contribution is 2.13. The summed E-state index contributed by atoms with van der Waals surface area (Å²) < 4.78 is 1.56. The smallest absolute Gasteiger partial charge is 0.307 e. The Morgan fingerprint density at radius 2 is 2.00 bits per heavy atom. The van der Waals surface area contributed by atoms with Gasteiger partial charge in [0.05, 0.1) is 0 Å². The molecule has 0 bridgehead atoms. The predicted molar refractivity (Wildman–Crippen MR) is 89.5 cm³/mol. The van der Waals surface area contributed by atoms with Gasteiger partial charge in [-0.15, -0.1) is 11.3 Å². The number of carbonyl (C=O) groups excluding carboxylic acids is 1. The van der Waals surface area contributed by atoms with Crippen molar-refractivity contribution in [2.45, 2.75) is 20.0 Å². The van der Waals surface area contributed by atoms with Crippen LogP contribution in [-0.4, -0.2) is 46.5 Å². The zero-order valence-electron chi connectivity index (χ0n) is 12.5. The molecule has 1 aliphatic heterocycles. The number of hydrogen-bond acceptors (Lipinski definition) is 5. The second-order valence-electron chi connectivity index (χ2n) is 5.47. The lowest BCUT2D eigenvalue weighted by Crippen LogP contribution is -2.49. The monoisotopic (exact) mass is 337 g/mol. The summed E-state index contributed by atoms with van der Waals surface area (Å²) in [5, 5.41) is 3.89. The van der Waals surface area contributed by atoms with E-state index in [1.807, 2.05) is 11.8 Å². The average molecular weight is 337 g/mol. The number of hydrogen-bond donors (Lipinski definition) is 0. The van der Waals surface area contributed by atoms with Crippen molar-refractivity contribution in [3.63, 3.8) is 0 Å². The molecule has 1 amide bonds. The lowest BCUT2D eigenvalue weighted by molar-refractivity contribution is -0.133. The fourth-order valence-corrected chi connectivity index (χ4v) is 4.09. The maximum atomic E-state index is 12.3. The largest absolute Gasteiger partial charge is 0.339 e. The van der Waals surface area contributed by atoms with Crippen molar-refractivity contribution in [2.24, 2.45) is 0 Å². The van der Waals surface area contributed by atoms with Crippen LogP contribution in [0.3, 0.4) is 0 Å². The third-order valence-corrected chi connectivity index (χ3v) is 5.70. The van der Waals surface area contributed by atoms with Gasteiger partial charge in [-0.2, -0.15) is 0 Å². The summed E-state index contributed by atoms with van der Waals surface area (Å²) in [5.74, 6) is 0.0411. The van der Waals surface area contributed by atoms with Gasteiger partial charge < -0.3 is 4.90 Å². The summed E-state index contributed by atoms with van der Waals surface area (Å²) >= 11 is 2.92. The number of thiazole rings is 1. The first-order chi connectivity index (χ1) is 10.6. The van der Waals surface area contributed by atoms with Crippen LogP contribution in [0.2, 0.25) is 0 Å². The average Bonchev–Trinajstić information content (AvgIpc) is 3.13. The van der Waals surface area contributed by atoms with E-state index in [1.165, 1.54) is 4.88 Å². The maximum Gasteiger partial charge on any atom is 0.307 e. The Kier molecular flexibility index (Phi) is 4.75. The molecule has 0 atom stereocenters. The number of nitrogens with zero attached hydrogens (tertiary/aromatic N) is 3. The van der Waals surface area contributed by atoms with E-state index in [0.29, 0.717) is 0 Å². The van der Waals surface area contributed by atoms with Gasteiger partial charge in [-0.25, -0.2) is 0 Å². The fourth-order valence-electron chi connectivity index (χ4n) is 2.61. The van der Waals surface area contributed by atoms with E-state index in [1.54, 1.807) is 21.3 Å². The van der Waals surface area contributed by atoms with Gasteiger partial charge in [0, 0.05) is 48.7 Å². The van der Waals surface area contributed by atoms with E-state index in [4.69, 9.17) is 0 Å².